The third kappa shape index (κ3) is 4.39. The van der Waals surface area contributed by atoms with Gasteiger partial charge in [0.05, 0.1) is 6.04 Å². The Morgan fingerprint density at radius 3 is 2.52 bits per heavy atom. The predicted molar refractivity (Wildman–Crippen MR) is 115 cm³/mol. The maximum Gasteiger partial charge on any atom is 0.266 e. The topological polar surface area (TPSA) is 42.4 Å². The molecule has 6 heteroatoms. The highest BCUT2D eigenvalue weighted by atomic mass is 35.5. The lowest BCUT2D eigenvalue weighted by molar-refractivity contribution is -0.149. The van der Waals surface area contributed by atoms with Gasteiger partial charge in [0.25, 0.3) is 5.91 Å². The maximum absolute atomic E-state index is 13.4. The summed E-state index contributed by atoms with van der Waals surface area (Å²) in [6.07, 6.45) is 7.44. The second-order valence-electron chi connectivity index (χ2n) is 8.50. The second-order valence-corrected chi connectivity index (χ2v) is 10.0. The Labute approximate surface area is 182 Å². The maximum atomic E-state index is 13.4. The van der Waals surface area contributed by atoms with Gasteiger partial charge in [0.15, 0.2) is 5.60 Å². The fourth-order valence-corrected chi connectivity index (χ4v) is 4.68. The first kappa shape index (κ1) is 20.5. The van der Waals surface area contributed by atoms with Crippen LogP contribution in [0.1, 0.15) is 62.6 Å². The van der Waals surface area contributed by atoms with Crippen molar-refractivity contribution < 1.29 is 9.53 Å². The molecule has 1 aromatic carbocycles. The van der Waals surface area contributed by atoms with E-state index in [4.69, 9.17) is 27.9 Å². The number of pyridine rings is 1. The summed E-state index contributed by atoms with van der Waals surface area (Å²) in [7, 11) is 0. The standard InChI is InChI=1S/C23H26Cl2N2O2/c1-22(2,29-18-10-8-16(9-11-18)19-14-23(19,24)25)21(28)27-13-4-3-7-20(27)17-6-5-12-26-15-17/h5-6,8-12,15,19-20H,3-4,7,13-14H2,1-2H3/t19?,20-/m1/s1. The molecule has 1 amide bonds. The van der Waals surface area contributed by atoms with Crippen molar-refractivity contribution in [1.82, 2.24) is 9.88 Å². The first-order valence-electron chi connectivity index (χ1n) is 10.2. The number of nitrogens with zero attached hydrogens (tertiary/aromatic N) is 2. The first-order chi connectivity index (χ1) is 13.8. The zero-order chi connectivity index (χ0) is 20.6. The third-order valence-corrected chi connectivity index (χ3v) is 6.66. The van der Waals surface area contributed by atoms with Gasteiger partial charge in [-0.3, -0.25) is 9.78 Å². The normalized spacial score (nSPS) is 23.5. The zero-order valence-electron chi connectivity index (χ0n) is 16.8. The van der Waals surface area contributed by atoms with Gasteiger partial charge in [-0.2, -0.15) is 0 Å². The van der Waals surface area contributed by atoms with Crippen molar-refractivity contribution in [2.24, 2.45) is 0 Å². The minimum Gasteiger partial charge on any atom is -0.478 e. The van der Waals surface area contributed by atoms with Crippen molar-refractivity contribution in [2.75, 3.05) is 6.54 Å². The molecule has 2 atom stereocenters. The number of alkyl halides is 2. The lowest BCUT2D eigenvalue weighted by Crippen LogP contribution is -2.51. The number of rotatable bonds is 5. The molecule has 154 valence electrons. The molecule has 4 rings (SSSR count). The van der Waals surface area contributed by atoms with Crippen molar-refractivity contribution >= 4 is 29.1 Å². The Hall–Kier alpha value is -1.78. The SMILES string of the molecule is CC(C)(Oc1ccc(C2CC2(Cl)Cl)cc1)C(=O)N1CCCC[C@@H]1c1cccnc1. The monoisotopic (exact) mass is 432 g/mol. The zero-order valence-corrected chi connectivity index (χ0v) is 18.3. The molecule has 1 aliphatic heterocycles. The number of benzene rings is 1. The molecule has 29 heavy (non-hydrogen) atoms. The number of likely N-dealkylation sites (tertiary alicyclic amines) is 1. The van der Waals surface area contributed by atoms with Gasteiger partial charge >= 0.3 is 0 Å². The minimum absolute atomic E-state index is 0.00199. The largest absolute Gasteiger partial charge is 0.478 e. The molecule has 1 saturated carbocycles. The van der Waals surface area contributed by atoms with E-state index in [0.29, 0.717) is 5.75 Å². The lowest BCUT2D eigenvalue weighted by Gasteiger charge is -2.40. The molecule has 4 nitrogen and oxygen atoms in total. The van der Waals surface area contributed by atoms with E-state index in [9.17, 15) is 4.79 Å². The molecule has 0 N–H and O–H groups in total. The van der Waals surface area contributed by atoms with Crippen LogP contribution in [-0.2, 0) is 4.79 Å². The molecular weight excluding hydrogens is 407 g/mol. The number of carbonyl (C=O) groups excluding carboxylic acids is 1. The van der Waals surface area contributed by atoms with Gasteiger partial charge in [-0.1, -0.05) is 18.2 Å². The fraction of sp³-hybridized carbons (Fsp3) is 0.478. The van der Waals surface area contributed by atoms with Gasteiger partial charge in [-0.15, -0.1) is 23.2 Å². The number of amides is 1. The Kier molecular flexibility index (Phi) is 5.52. The van der Waals surface area contributed by atoms with Crippen LogP contribution in [0.5, 0.6) is 5.75 Å². The molecule has 0 radical (unpaired) electrons. The number of ether oxygens (including phenoxy) is 1. The number of hydrogen-bond donors (Lipinski definition) is 0. The van der Waals surface area contributed by atoms with Crippen molar-refractivity contribution in [1.29, 1.82) is 0 Å². The number of halogens is 2. The summed E-state index contributed by atoms with van der Waals surface area (Å²) in [4.78, 5) is 19.6. The second kappa shape index (κ2) is 7.81. The van der Waals surface area contributed by atoms with E-state index in [0.717, 1.165) is 43.4 Å². The van der Waals surface area contributed by atoms with E-state index in [-0.39, 0.29) is 17.9 Å². The van der Waals surface area contributed by atoms with E-state index in [1.165, 1.54) is 0 Å². The summed E-state index contributed by atoms with van der Waals surface area (Å²) in [5.41, 5.74) is 1.21. The average molecular weight is 433 g/mol. The molecule has 2 heterocycles. The Bertz CT molecular complexity index is 868. The molecule has 2 aromatic rings. The fourth-order valence-electron chi connectivity index (χ4n) is 4.12. The van der Waals surface area contributed by atoms with Crippen LogP contribution in [0.15, 0.2) is 48.8 Å². The summed E-state index contributed by atoms with van der Waals surface area (Å²) in [6.45, 7) is 4.41. The molecule has 2 fully saturated rings. The van der Waals surface area contributed by atoms with Gasteiger partial charge in [0.1, 0.15) is 10.1 Å². The summed E-state index contributed by atoms with van der Waals surface area (Å²) < 4.78 is 5.49. The third-order valence-electron chi connectivity index (χ3n) is 5.83. The molecule has 1 unspecified atom stereocenters. The van der Waals surface area contributed by atoms with E-state index < -0.39 is 9.93 Å². The van der Waals surface area contributed by atoms with E-state index in [1.54, 1.807) is 6.20 Å². The van der Waals surface area contributed by atoms with Gasteiger partial charge in [0.2, 0.25) is 0 Å². The van der Waals surface area contributed by atoms with E-state index >= 15 is 0 Å². The van der Waals surface area contributed by atoms with Crippen molar-refractivity contribution in [3.8, 4) is 5.75 Å². The molecule has 1 aromatic heterocycles. The van der Waals surface area contributed by atoms with Crippen LogP contribution in [-0.4, -0.2) is 32.3 Å². The molecule has 1 saturated heterocycles. The van der Waals surface area contributed by atoms with Gasteiger partial charge in [-0.25, -0.2) is 0 Å². The molecule has 2 aliphatic rings. The molecule has 1 aliphatic carbocycles. The van der Waals surface area contributed by atoms with Crippen LogP contribution in [0.4, 0.5) is 0 Å². The molecule has 0 spiro atoms. The number of carbonyl (C=O) groups is 1. The van der Waals surface area contributed by atoms with Crippen LogP contribution >= 0.6 is 23.2 Å². The van der Waals surface area contributed by atoms with E-state index in [1.807, 2.05) is 61.3 Å². The first-order valence-corrected chi connectivity index (χ1v) is 10.9. The van der Waals surface area contributed by atoms with Crippen molar-refractivity contribution in [2.45, 2.75) is 61.4 Å². The highest BCUT2D eigenvalue weighted by Gasteiger charge is 2.52. The number of aromatic nitrogens is 1. The summed E-state index contributed by atoms with van der Waals surface area (Å²) >= 11 is 12.3. The van der Waals surface area contributed by atoms with Crippen LogP contribution in [0.25, 0.3) is 0 Å². The van der Waals surface area contributed by atoms with Gasteiger partial charge < -0.3 is 9.64 Å². The van der Waals surface area contributed by atoms with Crippen molar-refractivity contribution in [3.63, 3.8) is 0 Å². The Morgan fingerprint density at radius 2 is 1.90 bits per heavy atom. The lowest BCUT2D eigenvalue weighted by atomic mass is 9.94. The molecule has 0 bridgehead atoms. The van der Waals surface area contributed by atoms with Crippen LogP contribution in [0, 0.1) is 0 Å². The van der Waals surface area contributed by atoms with Crippen LogP contribution < -0.4 is 4.74 Å². The summed E-state index contributed by atoms with van der Waals surface area (Å²) in [5.74, 6) is 0.832. The predicted octanol–water partition coefficient (Wildman–Crippen LogP) is 5.65. The minimum atomic E-state index is -0.971. The van der Waals surface area contributed by atoms with Crippen LogP contribution in [0.2, 0.25) is 0 Å². The smallest absolute Gasteiger partial charge is 0.266 e. The Balaban J connectivity index is 1.48. The number of hydrogen-bond acceptors (Lipinski definition) is 3. The highest BCUT2D eigenvalue weighted by Crippen LogP contribution is 2.59. The van der Waals surface area contributed by atoms with Gasteiger partial charge in [0, 0.05) is 24.9 Å². The number of piperidine rings is 1. The summed E-state index contributed by atoms with van der Waals surface area (Å²) in [6, 6.07) is 11.8. The van der Waals surface area contributed by atoms with E-state index in [2.05, 4.69) is 4.98 Å². The van der Waals surface area contributed by atoms with Crippen LogP contribution in [0.3, 0.4) is 0 Å². The summed E-state index contributed by atoms with van der Waals surface area (Å²) in [5, 5.41) is 0. The average Bonchev–Trinajstić information content (AvgIpc) is 3.36. The molecular formula is C23H26Cl2N2O2. The highest BCUT2D eigenvalue weighted by molar-refractivity contribution is 6.51. The van der Waals surface area contributed by atoms with Crippen molar-refractivity contribution in [3.05, 3.63) is 59.9 Å². The Morgan fingerprint density at radius 1 is 1.17 bits per heavy atom. The quantitative estimate of drug-likeness (QED) is 0.572. The van der Waals surface area contributed by atoms with Gasteiger partial charge in [-0.05, 0) is 68.9 Å².